The highest BCUT2D eigenvalue weighted by atomic mass is 79.9. The van der Waals surface area contributed by atoms with Gasteiger partial charge >= 0.3 is 0 Å². The first-order valence-electron chi connectivity index (χ1n) is 6.22. The molecule has 0 aliphatic rings. The van der Waals surface area contributed by atoms with Gasteiger partial charge < -0.3 is 5.32 Å². The average molecular weight is 390 g/mol. The van der Waals surface area contributed by atoms with Crippen LogP contribution in [0.4, 0.5) is 5.82 Å². The molecule has 2 aromatic heterocycles. The van der Waals surface area contributed by atoms with Crippen LogP contribution in [0.15, 0.2) is 27.7 Å². The number of aryl methyl sites for hydroxylation is 2. The van der Waals surface area contributed by atoms with Crippen molar-refractivity contribution in [3.63, 3.8) is 0 Å². The summed E-state index contributed by atoms with van der Waals surface area (Å²) in [5.74, 6) is 0.346. The third-order valence-corrected chi connectivity index (χ3v) is 5.92. The zero-order chi connectivity index (χ0) is 15.6. The molecule has 0 aliphatic heterocycles. The Labute approximate surface area is 137 Å². The molecule has 0 bridgehead atoms. The van der Waals surface area contributed by atoms with Gasteiger partial charge in [-0.25, -0.2) is 13.4 Å². The molecule has 5 nitrogen and oxygen atoms in total. The van der Waals surface area contributed by atoms with Crippen molar-refractivity contribution in [2.24, 2.45) is 0 Å². The van der Waals surface area contributed by atoms with Crippen LogP contribution in [0.2, 0.25) is 0 Å². The summed E-state index contributed by atoms with van der Waals surface area (Å²) < 4.78 is 28.4. The van der Waals surface area contributed by atoms with Crippen molar-refractivity contribution < 1.29 is 8.42 Å². The van der Waals surface area contributed by atoms with E-state index in [-0.39, 0.29) is 0 Å². The van der Waals surface area contributed by atoms with Gasteiger partial charge in [0.15, 0.2) is 0 Å². The van der Waals surface area contributed by atoms with Crippen molar-refractivity contribution >= 4 is 43.1 Å². The monoisotopic (exact) mass is 389 g/mol. The Kier molecular flexibility index (Phi) is 5.03. The van der Waals surface area contributed by atoms with Crippen LogP contribution in [0.5, 0.6) is 0 Å². The van der Waals surface area contributed by atoms with Crippen LogP contribution in [0.3, 0.4) is 0 Å². The molecule has 0 saturated heterocycles. The van der Waals surface area contributed by atoms with Gasteiger partial charge in [0.05, 0.1) is 0 Å². The molecule has 2 aromatic rings. The van der Waals surface area contributed by atoms with Gasteiger partial charge in [0.2, 0.25) is 0 Å². The van der Waals surface area contributed by atoms with E-state index in [1.165, 1.54) is 11.3 Å². The minimum absolute atomic E-state index is 0.307. The molecule has 114 valence electrons. The number of sulfonamides is 1. The number of nitrogens with zero attached hydrogens (tertiary/aromatic N) is 1. The van der Waals surface area contributed by atoms with Gasteiger partial charge in [-0.2, -0.15) is 0 Å². The van der Waals surface area contributed by atoms with E-state index >= 15 is 0 Å². The number of hydrogen-bond donors (Lipinski definition) is 2. The first-order valence-corrected chi connectivity index (χ1v) is 9.31. The Hall–Kier alpha value is -0.960. The van der Waals surface area contributed by atoms with Gasteiger partial charge in [-0.3, -0.25) is 4.72 Å². The summed E-state index contributed by atoms with van der Waals surface area (Å²) in [4.78, 5) is 6.17. The largest absolute Gasteiger partial charge is 0.315 e. The lowest BCUT2D eigenvalue weighted by atomic mass is 10.3. The molecule has 0 amide bonds. The zero-order valence-electron chi connectivity index (χ0n) is 11.9. The Morgan fingerprint density at radius 2 is 2.05 bits per heavy atom. The summed E-state index contributed by atoms with van der Waals surface area (Å²) in [6.07, 6.45) is 1.57. The normalized spacial score (nSPS) is 11.6. The highest BCUT2D eigenvalue weighted by Gasteiger charge is 2.21. The fraction of sp³-hybridized carbons (Fsp3) is 0.308. The molecule has 0 aliphatic carbocycles. The van der Waals surface area contributed by atoms with Crippen LogP contribution in [0.25, 0.3) is 0 Å². The van der Waals surface area contributed by atoms with Gasteiger partial charge in [-0.15, -0.1) is 11.3 Å². The predicted octanol–water partition coefficient (Wildman–Crippen LogP) is 3.04. The Balaban J connectivity index is 2.34. The quantitative estimate of drug-likeness (QED) is 0.823. The number of rotatable bonds is 5. The van der Waals surface area contributed by atoms with Crippen molar-refractivity contribution in [2.45, 2.75) is 25.3 Å². The Bertz CT molecular complexity index is 757. The van der Waals surface area contributed by atoms with Gasteiger partial charge in [0, 0.05) is 27.0 Å². The van der Waals surface area contributed by atoms with E-state index in [1.54, 1.807) is 19.2 Å². The second kappa shape index (κ2) is 6.43. The van der Waals surface area contributed by atoms with Crippen LogP contribution >= 0.6 is 27.3 Å². The van der Waals surface area contributed by atoms with Crippen LogP contribution in [-0.4, -0.2) is 20.4 Å². The lowest BCUT2D eigenvalue weighted by molar-refractivity contribution is 0.600. The standard InChI is InChI=1S/C13H16BrN3O2S2/c1-8-4-10(14)6-16-13(8)17-21(18,19)12-5-11(7-15-3)20-9(12)2/h4-6,15H,7H2,1-3H3,(H,16,17). The molecule has 0 atom stereocenters. The molecule has 0 unspecified atom stereocenters. The SMILES string of the molecule is CNCc1cc(S(=O)(=O)Nc2ncc(Br)cc2C)c(C)s1. The molecule has 0 saturated carbocycles. The molecule has 8 heteroatoms. The van der Waals surface area contributed by atoms with E-state index in [2.05, 4.69) is 31.0 Å². The topological polar surface area (TPSA) is 71.1 Å². The van der Waals surface area contributed by atoms with Crippen molar-refractivity contribution in [1.82, 2.24) is 10.3 Å². The Morgan fingerprint density at radius 1 is 1.33 bits per heavy atom. The second-order valence-electron chi connectivity index (χ2n) is 4.59. The van der Waals surface area contributed by atoms with Gasteiger partial charge in [-0.1, -0.05) is 0 Å². The third kappa shape index (κ3) is 3.82. The summed E-state index contributed by atoms with van der Waals surface area (Å²) >= 11 is 4.78. The van der Waals surface area contributed by atoms with Crippen LogP contribution in [0.1, 0.15) is 15.3 Å². The molecule has 2 rings (SSSR count). The Morgan fingerprint density at radius 3 is 2.67 bits per heavy atom. The van der Waals surface area contributed by atoms with Crippen LogP contribution < -0.4 is 10.0 Å². The van der Waals surface area contributed by atoms with E-state index in [0.29, 0.717) is 17.3 Å². The molecule has 21 heavy (non-hydrogen) atoms. The number of pyridine rings is 1. The smallest absolute Gasteiger partial charge is 0.264 e. The van der Waals surface area contributed by atoms with E-state index in [9.17, 15) is 8.42 Å². The summed E-state index contributed by atoms with van der Waals surface area (Å²) in [7, 11) is -1.79. The van der Waals surface area contributed by atoms with E-state index in [0.717, 1.165) is 19.8 Å². The summed E-state index contributed by atoms with van der Waals surface area (Å²) in [5, 5.41) is 3.02. The predicted molar refractivity (Wildman–Crippen MR) is 89.3 cm³/mol. The van der Waals surface area contributed by atoms with Crippen molar-refractivity contribution in [3.8, 4) is 0 Å². The maximum absolute atomic E-state index is 12.5. The highest BCUT2D eigenvalue weighted by molar-refractivity contribution is 9.10. The zero-order valence-corrected chi connectivity index (χ0v) is 15.1. The molecule has 2 heterocycles. The number of nitrogens with one attached hydrogen (secondary N) is 2. The summed E-state index contributed by atoms with van der Waals surface area (Å²) in [6.45, 7) is 4.26. The fourth-order valence-electron chi connectivity index (χ4n) is 1.88. The highest BCUT2D eigenvalue weighted by Crippen LogP contribution is 2.28. The fourth-order valence-corrected chi connectivity index (χ4v) is 5.06. The third-order valence-electron chi connectivity index (χ3n) is 2.84. The molecule has 2 N–H and O–H groups in total. The first kappa shape index (κ1) is 16.4. The maximum Gasteiger partial charge on any atom is 0.264 e. The average Bonchev–Trinajstić information content (AvgIpc) is 2.75. The van der Waals surface area contributed by atoms with E-state index < -0.39 is 10.0 Å². The summed E-state index contributed by atoms with van der Waals surface area (Å²) in [5.41, 5.74) is 0.760. The van der Waals surface area contributed by atoms with Crippen molar-refractivity contribution in [1.29, 1.82) is 0 Å². The second-order valence-corrected chi connectivity index (χ2v) is 8.50. The minimum atomic E-state index is -3.62. The van der Waals surface area contributed by atoms with Gasteiger partial charge in [0.25, 0.3) is 10.0 Å². The lowest BCUT2D eigenvalue weighted by Crippen LogP contribution is -2.15. The molecular weight excluding hydrogens is 374 g/mol. The van der Waals surface area contributed by atoms with Crippen molar-refractivity contribution in [2.75, 3.05) is 11.8 Å². The van der Waals surface area contributed by atoms with Gasteiger partial charge in [-0.05, 0) is 54.5 Å². The van der Waals surface area contributed by atoms with Gasteiger partial charge in [0.1, 0.15) is 10.7 Å². The molecule has 0 fully saturated rings. The summed E-state index contributed by atoms with van der Waals surface area (Å²) in [6, 6.07) is 3.52. The number of thiophene rings is 1. The van der Waals surface area contributed by atoms with E-state index in [1.807, 2.05) is 20.0 Å². The number of hydrogen-bond acceptors (Lipinski definition) is 5. The number of aromatic nitrogens is 1. The van der Waals surface area contributed by atoms with Crippen LogP contribution in [-0.2, 0) is 16.6 Å². The molecule has 0 radical (unpaired) electrons. The molecular formula is C13H16BrN3O2S2. The number of anilines is 1. The van der Waals surface area contributed by atoms with Crippen molar-refractivity contribution in [3.05, 3.63) is 38.1 Å². The first-order chi connectivity index (χ1) is 9.83. The van der Waals surface area contributed by atoms with E-state index in [4.69, 9.17) is 0 Å². The minimum Gasteiger partial charge on any atom is -0.315 e. The molecule has 0 aromatic carbocycles. The van der Waals surface area contributed by atoms with Crippen LogP contribution in [0, 0.1) is 13.8 Å². The lowest BCUT2D eigenvalue weighted by Gasteiger charge is -2.09. The number of halogens is 1. The maximum atomic E-state index is 12.5. The molecule has 0 spiro atoms.